The molecule has 18 heavy (non-hydrogen) atoms. The summed E-state index contributed by atoms with van der Waals surface area (Å²) in [4.78, 5) is 4.69. The number of aliphatic imine (C=N–C) groups is 1. The van der Waals surface area contributed by atoms with Gasteiger partial charge in [0.05, 0.1) is 11.9 Å². The number of nitrogens with two attached hydrogens (primary N) is 1. The molecular weight excluding hydrogens is 220 g/mol. The first-order valence-corrected chi connectivity index (χ1v) is 7.13. The van der Waals surface area contributed by atoms with Gasteiger partial charge in [0.15, 0.2) is 0 Å². The molecular formula is C16H24N2. The fourth-order valence-corrected chi connectivity index (χ4v) is 2.76. The first-order valence-electron chi connectivity index (χ1n) is 7.13. The first-order chi connectivity index (χ1) is 8.75. The highest BCUT2D eigenvalue weighted by molar-refractivity contribution is 5.83. The maximum absolute atomic E-state index is 6.15. The summed E-state index contributed by atoms with van der Waals surface area (Å²) in [5.74, 6) is 1.43. The van der Waals surface area contributed by atoms with Crippen LogP contribution >= 0.6 is 0 Å². The minimum Gasteiger partial charge on any atom is -0.387 e. The van der Waals surface area contributed by atoms with E-state index in [9.17, 15) is 0 Å². The molecule has 0 bridgehead atoms. The molecule has 1 aromatic carbocycles. The van der Waals surface area contributed by atoms with Crippen molar-refractivity contribution in [2.45, 2.75) is 51.5 Å². The molecule has 0 heterocycles. The van der Waals surface area contributed by atoms with Gasteiger partial charge in [-0.1, -0.05) is 49.6 Å². The van der Waals surface area contributed by atoms with E-state index in [1.54, 1.807) is 0 Å². The van der Waals surface area contributed by atoms with Crippen LogP contribution in [0.1, 0.15) is 44.6 Å². The average molecular weight is 244 g/mol. The van der Waals surface area contributed by atoms with Gasteiger partial charge in [-0.05, 0) is 31.7 Å². The normalized spacial score (nSPS) is 19.7. The van der Waals surface area contributed by atoms with E-state index in [4.69, 9.17) is 10.7 Å². The minimum atomic E-state index is 0.286. The highest BCUT2D eigenvalue weighted by atomic mass is 14.9. The Morgan fingerprint density at radius 1 is 1.22 bits per heavy atom. The Morgan fingerprint density at radius 3 is 2.56 bits per heavy atom. The largest absolute Gasteiger partial charge is 0.387 e. The van der Waals surface area contributed by atoms with Gasteiger partial charge in [-0.2, -0.15) is 0 Å². The van der Waals surface area contributed by atoms with Crippen molar-refractivity contribution >= 4 is 5.84 Å². The maximum atomic E-state index is 6.15. The monoisotopic (exact) mass is 244 g/mol. The lowest BCUT2D eigenvalue weighted by atomic mass is 9.88. The van der Waals surface area contributed by atoms with Crippen molar-refractivity contribution < 1.29 is 0 Å². The summed E-state index contributed by atoms with van der Waals surface area (Å²) >= 11 is 0. The van der Waals surface area contributed by atoms with Crippen molar-refractivity contribution in [2.24, 2.45) is 16.6 Å². The van der Waals surface area contributed by atoms with Crippen LogP contribution in [0.4, 0.5) is 0 Å². The average Bonchev–Trinajstić information content (AvgIpc) is 2.40. The number of rotatable bonds is 4. The molecule has 2 nitrogen and oxygen atoms in total. The second kappa shape index (κ2) is 6.58. The van der Waals surface area contributed by atoms with Crippen LogP contribution in [0.25, 0.3) is 0 Å². The van der Waals surface area contributed by atoms with Crippen molar-refractivity contribution in [1.29, 1.82) is 0 Å². The third-order valence-corrected chi connectivity index (χ3v) is 3.77. The van der Waals surface area contributed by atoms with Crippen molar-refractivity contribution in [2.75, 3.05) is 0 Å². The van der Waals surface area contributed by atoms with Gasteiger partial charge in [0.2, 0.25) is 0 Å². The van der Waals surface area contributed by atoms with Crippen LogP contribution < -0.4 is 5.73 Å². The Kier molecular flexibility index (Phi) is 4.80. The topological polar surface area (TPSA) is 38.4 Å². The van der Waals surface area contributed by atoms with Gasteiger partial charge in [-0.25, -0.2) is 0 Å². The molecule has 1 saturated carbocycles. The zero-order chi connectivity index (χ0) is 12.8. The summed E-state index contributed by atoms with van der Waals surface area (Å²) < 4.78 is 0. The summed E-state index contributed by atoms with van der Waals surface area (Å²) in [5.41, 5.74) is 7.49. The van der Waals surface area contributed by atoms with Gasteiger partial charge in [-0.3, -0.25) is 4.99 Å². The van der Waals surface area contributed by atoms with Crippen molar-refractivity contribution in [3.05, 3.63) is 35.9 Å². The summed E-state index contributed by atoms with van der Waals surface area (Å²) in [6.45, 7) is 2.16. The molecule has 0 saturated heterocycles. The summed E-state index contributed by atoms with van der Waals surface area (Å²) in [6.07, 6.45) is 7.43. The Hall–Kier alpha value is -1.31. The van der Waals surface area contributed by atoms with Crippen LogP contribution in [-0.2, 0) is 6.42 Å². The Bertz CT molecular complexity index is 377. The fourth-order valence-electron chi connectivity index (χ4n) is 2.76. The van der Waals surface area contributed by atoms with E-state index >= 15 is 0 Å². The fraction of sp³-hybridized carbons (Fsp3) is 0.562. The smallest absolute Gasteiger partial charge is 0.0971 e. The highest BCUT2D eigenvalue weighted by Gasteiger charge is 2.17. The van der Waals surface area contributed by atoms with Gasteiger partial charge in [0, 0.05) is 5.92 Å². The molecule has 1 atom stereocenters. The lowest BCUT2D eigenvalue weighted by molar-refractivity contribution is 0.435. The molecule has 0 amide bonds. The van der Waals surface area contributed by atoms with Crippen LogP contribution in [0, 0.1) is 5.92 Å². The molecule has 0 aliphatic heterocycles. The Labute approximate surface area is 110 Å². The quantitative estimate of drug-likeness (QED) is 0.638. The molecule has 1 fully saturated rings. The van der Waals surface area contributed by atoms with E-state index in [0.717, 1.165) is 12.3 Å². The molecule has 0 spiro atoms. The summed E-state index contributed by atoms with van der Waals surface area (Å²) in [6, 6.07) is 10.8. The van der Waals surface area contributed by atoms with Gasteiger partial charge >= 0.3 is 0 Å². The molecule has 98 valence electrons. The van der Waals surface area contributed by atoms with Crippen LogP contribution in [0.3, 0.4) is 0 Å². The predicted molar refractivity (Wildman–Crippen MR) is 77.8 cm³/mol. The standard InChI is InChI=1S/C16H24N2/c1-13(12-14-8-4-2-5-9-14)18-16(17)15-10-6-3-7-11-15/h2,4-5,8-9,13,15H,3,6-7,10-12H2,1H3,(H2,17,18). The molecule has 1 unspecified atom stereocenters. The molecule has 0 radical (unpaired) electrons. The zero-order valence-corrected chi connectivity index (χ0v) is 11.3. The minimum absolute atomic E-state index is 0.286. The van der Waals surface area contributed by atoms with E-state index in [1.165, 1.54) is 37.7 Å². The molecule has 2 N–H and O–H groups in total. The van der Waals surface area contributed by atoms with E-state index in [-0.39, 0.29) is 6.04 Å². The molecule has 2 heteroatoms. The number of nitrogens with zero attached hydrogens (tertiary/aromatic N) is 1. The maximum Gasteiger partial charge on any atom is 0.0971 e. The van der Waals surface area contributed by atoms with Gasteiger partial charge in [0.1, 0.15) is 0 Å². The van der Waals surface area contributed by atoms with E-state index in [0.29, 0.717) is 5.92 Å². The van der Waals surface area contributed by atoms with Crippen LogP contribution in [0.5, 0.6) is 0 Å². The lowest BCUT2D eigenvalue weighted by Crippen LogP contribution is -2.27. The SMILES string of the molecule is CC(Cc1ccccc1)N=C(N)C1CCCCC1. The molecule has 1 aliphatic carbocycles. The first kappa shape index (κ1) is 13.1. The van der Waals surface area contributed by atoms with E-state index < -0.39 is 0 Å². The van der Waals surface area contributed by atoms with Crippen molar-refractivity contribution in [3.63, 3.8) is 0 Å². The molecule has 2 rings (SSSR count). The van der Waals surface area contributed by atoms with Gasteiger partial charge in [-0.15, -0.1) is 0 Å². The molecule has 1 aromatic rings. The van der Waals surface area contributed by atoms with Gasteiger partial charge < -0.3 is 5.73 Å². The summed E-state index contributed by atoms with van der Waals surface area (Å²) in [5, 5.41) is 0. The van der Waals surface area contributed by atoms with Crippen molar-refractivity contribution in [3.8, 4) is 0 Å². The van der Waals surface area contributed by atoms with Crippen LogP contribution in [-0.4, -0.2) is 11.9 Å². The predicted octanol–water partition coefficient (Wildman–Crippen LogP) is 3.56. The molecule has 0 aromatic heterocycles. The summed E-state index contributed by atoms with van der Waals surface area (Å²) in [7, 11) is 0. The second-order valence-corrected chi connectivity index (χ2v) is 5.43. The highest BCUT2D eigenvalue weighted by Crippen LogP contribution is 2.24. The van der Waals surface area contributed by atoms with Crippen molar-refractivity contribution in [1.82, 2.24) is 0 Å². The number of amidine groups is 1. The zero-order valence-electron chi connectivity index (χ0n) is 11.3. The van der Waals surface area contributed by atoms with E-state index in [2.05, 4.69) is 31.2 Å². The molecule has 1 aliphatic rings. The Morgan fingerprint density at radius 2 is 1.89 bits per heavy atom. The third kappa shape index (κ3) is 3.86. The van der Waals surface area contributed by atoms with Crippen LogP contribution in [0.15, 0.2) is 35.3 Å². The number of benzene rings is 1. The number of hydrogen-bond acceptors (Lipinski definition) is 1. The second-order valence-electron chi connectivity index (χ2n) is 5.43. The lowest BCUT2D eigenvalue weighted by Gasteiger charge is -2.22. The van der Waals surface area contributed by atoms with E-state index in [1.807, 2.05) is 6.07 Å². The Balaban J connectivity index is 1.90. The third-order valence-electron chi connectivity index (χ3n) is 3.77. The van der Waals surface area contributed by atoms with Crippen LogP contribution in [0.2, 0.25) is 0 Å². The number of hydrogen-bond donors (Lipinski definition) is 1. The van der Waals surface area contributed by atoms with Gasteiger partial charge in [0.25, 0.3) is 0 Å².